The maximum Gasteiger partial charge on any atom is 0.220 e. The second-order valence-corrected chi connectivity index (χ2v) is 8.08. The number of rotatable bonds is 6. The lowest BCUT2D eigenvalue weighted by atomic mass is 9.75. The zero-order chi connectivity index (χ0) is 17.9. The van der Waals surface area contributed by atoms with E-state index in [9.17, 15) is 9.90 Å². The summed E-state index contributed by atoms with van der Waals surface area (Å²) in [5, 5.41) is 14.1. The molecule has 4 heteroatoms. The monoisotopic (exact) mass is 352 g/mol. The van der Waals surface area contributed by atoms with E-state index in [1.807, 2.05) is 24.4 Å². The van der Waals surface area contributed by atoms with Gasteiger partial charge in [-0.15, -0.1) is 0 Å². The van der Waals surface area contributed by atoms with E-state index in [4.69, 9.17) is 0 Å². The van der Waals surface area contributed by atoms with Crippen LogP contribution in [0, 0.1) is 11.8 Å². The maximum atomic E-state index is 12.6. The predicted molar refractivity (Wildman–Crippen MR) is 103 cm³/mol. The lowest BCUT2D eigenvalue weighted by molar-refractivity contribution is -0.123. The Morgan fingerprint density at radius 1 is 1.23 bits per heavy atom. The second-order valence-electron chi connectivity index (χ2n) is 8.08. The third kappa shape index (κ3) is 3.90. The third-order valence-electron chi connectivity index (χ3n) is 6.16. The number of nitrogens with one attached hydrogen (secondary N) is 1. The minimum atomic E-state index is -0.230. The molecule has 4 rings (SSSR count). The number of benzene rings is 1. The van der Waals surface area contributed by atoms with Crippen LogP contribution in [0.5, 0.6) is 0 Å². The number of fused-ring (bicyclic) bond motifs is 1. The van der Waals surface area contributed by atoms with Gasteiger partial charge in [-0.25, -0.2) is 0 Å². The zero-order valence-electron chi connectivity index (χ0n) is 15.2. The molecule has 0 unspecified atom stereocenters. The first-order valence-electron chi connectivity index (χ1n) is 10.0. The van der Waals surface area contributed by atoms with Crippen molar-refractivity contribution in [3.8, 4) is 0 Å². The second kappa shape index (κ2) is 7.75. The molecule has 0 saturated heterocycles. The van der Waals surface area contributed by atoms with Gasteiger partial charge in [0.25, 0.3) is 0 Å². The molecule has 2 aliphatic rings. The number of pyridine rings is 1. The molecule has 1 aromatic heterocycles. The van der Waals surface area contributed by atoms with Crippen LogP contribution in [0.1, 0.15) is 63.0 Å². The van der Waals surface area contributed by atoms with Crippen molar-refractivity contribution in [3.05, 3.63) is 42.1 Å². The standard InChI is InChI=1S/C22H28N2O2/c25-19-12-17(13-19)22(24-21(26)10-9-15-5-1-2-6-15)18-11-16-7-3-4-8-20(16)23-14-18/h3-4,7-8,11,14-15,17,19,22,25H,1-2,5-6,9-10,12-13H2,(H,24,26)/t17?,19?,22-/m0/s1. The average Bonchev–Trinajstić information content (AvgIpc) is 3.15. The Morgan fingerprint density at radius 3 is 2.77 bits per heavy atom. The number of nitrogens with zero attached hydrogens (tertiary/aromatic N) is 1. The van der Waals surface area contributed by atoms with Crippen molar-refractivity contribution in [2.45, 2.75) is 63.5 Å². The molecule has 1 aromatic carbocycles. The summed E-state index contributed by atoms with van der Waals surface area (Å²) in [6.07, 6.45) is 9.95. The molecule has 0 spiro atoms. The first kappa shape index (κ1) is 17.5. The van der Waals surface area contributed by atoms with Gasteiger partial charge in [-0.3, -0.25) is 9.78 Å². The summed E-state index contributed by atoms with van der Waals surface area (Å²) in [6, 6.07) is 10.1. The summed E-state index contributed by atoms with van der Waals surface area (Å²) in [5.41, 5.74) is 2.02. The van der Waals surface area contributed by atoms with Crippen molar-refractivity contribution in [1.82, 2.24) is 10.3 Å². The smallest absolute Gasteiger partial charge is 0.220 e. The Morgan fingerprint density at radius 2 is 2.00 bits per heavy atom. The van der Waals surface area contributed by atoms with Crippen LogP contribution in [0.4, 0.5) is 0 Å². The maximum absolute atomic E-state index is 12.6. The van der Waals surface area contributed by atoms with Crippen molar-refractivity contribution in [3.63, 3.8) is 0 Å². The molecule has 0 radical (unpaired) electrons. The van der Waals surface area contributed by atoms with Crippen molar-refractivity contribution in [1.29, 1.82) is 0 Å². The molecule has 2 aliphatic carbocycles. The highest BCUT2D eigenvalue weighted by Crippen LogP contribution is 2.38. The van der Waals surface area contributed by atoms with Crippen LogP contribution in [0.25, 0.3) is 10.9 Å². The van der Waals surface area contributed by atoms with Gasteiger partial charge in [0, 0.05) is 18.0 Å². The number of aliphatic hydroxyl groups is 1. The van der Waals surface area contributed by atoms with Gasteiger partial charge in [0.05, 0.1) is 17.7 Å². The number of aliphatic hydroxyl groups excluding tert-OH is 1. The normalized spacial score (nSPS) is 24.3. The first-order valence-corrected chi connectivity index (χ1v) is 10.0. The first-order chi connectivity index (χ1) is 12.7. The van der Waals surface area contributed by atoms with Crippen LogP contribution in [0.2, 0.25) is 0 Å². The van der Waals surface area contributed by atoms with Gasteiger partial charge >= 0.3 is 0 Å². The van der Waals surface area contributed by atoms with Crippen LogP contribution in [0.3, 0.4) is 0 Å². The molecule has 2 aromatic rings. The summed E-state index contributed by atoms with van der Waals surface area (Å²) in [7, 11) is 0. The van der Waals surface area contributed by atoms with Gasteiger partial charge < -0.3 is 10.4 Å². The summed E-state index contributed by atoms with van der Waals surface area (Å²) in [5.74, 6) is 1.16. The molecule has 0 bridgehead atoms. The molecule has 138 valence electrons. The quantitative estimate of drug-likeness (QED) is 0.821. The van der Waals surface area contributed by atoms with Gasteiger partial charge in [-0.1, -0.05) is 43.9 Å². The Kier molecular flexibility index (Phi) is 5.21. The summed E-state index contributed by atoms with van der Waals surface area (Å²) < 4.78 is 0. The van der Waals surface area contributed by atoms with Crippen molar-refractivity contribution in [2.75, 3.05) is 0 Å². The molecule has 4 nitrogen and oxygen atoms in total. The van der Waals surface area contributed by atoms with Gasteiger partial charge in [0.1, 0.15) is 0 Å². The topological polar surface area (TPSA) is 62.2 Å². The minimum Gasteiger partial charge on any atom is -0.393 e. The van der Waals surface area contributed by atoms with E-state index in [2.05, 4.69) is 22.4 Å². The summed E-state index contributed by atoms with van der Waals surface area (Å²) >= 11 is 0. The Hall–Kier alpha value is -1.94. The van der Waals surface area contributed by atoms with E-state index in [0.29, 0.717) is 12.3 Å². The van der Waals surface area contributed by atoms with E-state index >= 15 is 0 Å². The van der Waals surface area contributed by atoms with Crippen LogP contribution in [0.15, 0.2) is 36.5 Å². The fourth-order valence-corrected chi connectivity index (χ4v) is 4.51. The van der Waals surface area contributed by atoms with Crippen LogP contribution in [-0.4, -0.2) is 22.1 Å². The molecule has 26 heavy (non-hydrogen) atoms. The van der Waals surface area contributed by atoms with E-state index in [1.165, 1.54) is 25.7 Å². The van der Waals surface area contributed by atoms with E-state index in [1.54, 1.807) is 0 Å². The summed E-state index contributed by atoms with van der Waals surface area (Å²) in [4.78, 5) is 17.1. The van der Waals surface area contributed by atoms with Gasteiger partial charge in [0.15, 0.2) is 0 Å². The summed E-state index contributed by atoms with van der Waals surface area (Å²) in [6.45, 7) is 0. The third-order valence-corrected chi connectivity index (χ3v) is 6.16. The fraction of sp³-hybridized carbons (Fsp3) is 0.545. The van der Waals surface area contributed by atoms with Crippen LogP contribution < -0.4 is 5.32 Å². The number of hydrogen-bond donors (Lipinski definition) is 2. The highest BCUT2D eigenvalue weighted by Gasteiger charge is 2.36. The van der Waals surface area contributed by atoms with Crippen molar-refractivity contribution >= 4 is 16.8 Å². The largest absolute Gasteiger partial charge is 0.393 e. The number of para-hydroxylation sites is 1. The number of hydrogen-bond acceptors (Lipinski definition) is 3. The molecule has 2 N–H and O–H groups in total. The van der Waals surface area contributed by atoms with E-state index < -0.39 is 0 Å². The minimum absolute atomic E-state index is 0.0495. The number of carbonyl (C=O) groups excluding carboxylic acids is 1. The average molecular weight is 352 g/mol. The lowest BCUT2D eigenvalue weighted by Crippen LogP contribution is -2.41. The number of amides is 1. The van der Waals surface area contributed by atoms with E-state index in [-0.39, 0.29) is 18.1 Å². The van der Waals surface area contributed by atoms with Crippen molar-refractivity contribution in [2.24, 2.45) is 11.8 Å². The molecule has 1 heterocycles. The number of carbonyl (C=O) groups is 1. The molecule has 1 atom stereocenters. The SMILES string of the molecule is O=C(CCC1CCCC1)N[C@H](c1cnc2ccccc2c1)C1CC(O)C1. The van der Waals surface area contributed by atoms with Gasteiger partial charge in [0.2, 0.25) is 5.91 Å². The lowest BCUT2D eigenvalue weighted by Gasteiger charge is -2.38. The van der Waals surface area contributed by atoms with Gasteiger partial charge in [-0.2, -0.15) is 0 Å². The predicted octanol–water partition coefficient (Wildman–Crippen LogP) is 4.13. The zero-order valence-corrected chi connectivity index (χ0v) is 15.2. The Balaban J connectivity index is 1.47. The molecule has 2 saturated carbocycles. The Bertz CT molecular complexity index is 764. The molecule has 0 aliphatic heterocycles. The highest BCUT2D eigenvalue weighted by molar-refractivity contribution is 5.80. The molecular weight excluding hydrogens is 324 g/mol. The van der Waals surface area contributed by atoms with Crippen molar-refractivity contribution < 1.29 is 9.90 Å². The molecule has 1 amide bonds. The van der Waals surface area contributed by atoms with E-state index in [0.717, 1.165) is 41.6 Å². The molecule has 2 fully saturated rings. The highest BCUT2D eigenvalue weighted by atomic mass is 16.3. The number of aromatic nitrogens is 1. The fourth-order valence-electron chi connectivity index (χ4n) is 4.51. The van der Waals surface area contributed by atoms with Crippen LogP contribution >= 0.6 is 0 Å². The molecular formula is C22H28N2O2. The Labute approximate surface area is 155 Å². The van der Waals surface area contributed by atoms with Crippen LogP contribution in [-0.2, 0) is 4.79 Å². The van der Waals surface area contributed by atoms with Gasteiger partial charge in [-0.05, 0) is 48.8 Å².